The zero-order chi connectivity index (χ0) is 19.3. The van der Waals surface area contributed by atoms with Crippen LogP contribution in [-0.4, -0.2) is 32.5 Å². The number of carbonyl (C=O) groups excluding carboxylic acids is 2. The van der Waals surface area contributed by atoms with Gasteiger partial charge in [0.25, 0.3) is 0 Å². The van der Waals surface area contributed by atoms with Crippen LogP contribution in [0.3, 0.4) is 0 Å². The second-order valence-corrected chi connectivity index (χ2v) is 6.70. The fraction of sp³-hybridized carbons (Fsp3) is 0.300. The summed E-state index contributed by atoms with van der Waals surface area (Å²) in [5.74, 6) is -0.271. The quantitative estimate of drug-likeness (QED) is 0.829. The number of carbonyl (C=O) groups is 2. The molecule has 6 heteroatoms. The molecule has 0 heterocycles. The molecule has 5 nitrogen and oxygen atoms in total. The van der Waals surface area contributed by atoms with Gasteiger partial charge in [0.05, 0.1) is 0 Å². The lowest BCUT2D eigenvalue weighted by Gasteiger charge is -2.23. The number of halogens is 1. The van der Waals surface area contributed by atoms with E-state index in [2.05, 4.69) is 5.32 Å². The van der Waals surface area contributed by atoms with Crippen LogP contribution in [0.1, 0.15) is 18.9 Å². The van der Waals surface area contributed by atoms with Gasteiger partial charge in [0, 0.05) is 56.1 Å². The van der Waals surface area contributed by atoms with Crippen LogP contribution >= 0.6 is 11.6 Å². The first kappa shape index (κ1) is 19.8. The van der Waals surface area contributed by atoms with E-state index in [1.54, 1.807) is 17.0 Å². The van der Waals surface area contributed by atoms with Crippen molar-refractivity contribution in [2.75, 3.05) is 35.8 Å². The van der Waals surface area contributed by atoms with Gasteiger partial charge >= 0.3 is 0 Å². The average Bonchev–Trinajstić information content (AvgIpc) is 2.58. The fourth-order valence-corrected chi connectivity index (χ4v) is 2.79. The molecule has 2 amide bonds. The van der Waals surface area contributed by atoms with Gasteiger partial charge in [-0.2, -0.15) is 0 Å². The maximum atomic E-state index is 12.3. The van der Waals surface area contributed by atoms with Gasteiger partial charge < -0.3 is 15.1 Å². The molecule has 2 rings (SSSR count). The molecule has 0 aliphatic carbocycles. The van der Waals surface area contributed by atoms with Crippen LogP contribution in [0.25, 0.3) is 0 Å². The van der Waals surface area contributed by atoms with E-state index < -0.39 is 0 Å². The smallest absolute Gasteiger partial charge is 0.226 e. The number of amides is 2. The minimum Gasteiger partial charge on any atom is -0.378 e. The van der Waals surface area contributed by atoms with Gasteiger partial charge in [0.15, 0.2) is 0 Å². The highest BCUT2D eigenvalue weighted by atomic mass is 35.5. The Labute approximate surface area is 159 Å². The Hall–Kier alpha value is -2.53. The number of nitrogens with zero attached hydrogens (tertiary/aromatic N) is 2. The zero-order valence-corrected chi connectivity index (χ0v) is 16.3. The first-order chi connectivity index (χ1) is 12.3. The normalized spacial score (nSPS) is 10.3. The van der Waals surface area contributed by atoms with Gasteiger partial charge in [-0.15, -0.1) is 0 Å². The van der Waals surface area contributed by atoms with Gasteiger partial charge in [-0.05, 0) is 48.9 Å². The maximum Gasteiger partial charge on any atom is 0.226 e. The monoisotopic (exact) mass is 373 g/mol. The van der Waals surface area contributed by atoms with Crippen molar-refractivity contribution in [3.8, 4) is 0 Å². The van der Waals surface area contributed by atoms with E-state index in [-0.39, 0.29) is 24.8 Å². The molecular formula is C20H24ClN3O2. The van der Waals surface area contributed by atoms with E-state index in [1.165, 1.54) is 6.92 Å². The molecule has 0 saturated heterocycles. The van der Waals surface area contributed by atoms with E-state index in [1.807, 2.05) is 56.3 Å². The van der Waals surface area contributed by atoms with Crippen LogP contribution in [-0.2, 0) is 9.59 Å². The predicted octanol–water partition coefficient (Wildman–Crippen LogP) is 4.10. The maximum absolute atomic E-state index is 12.3. The Balaban J connectivity index is 2.01. The van der Waals surface area contributed by atoms with E-state index in [9.17, 15) is 9.59 Å². The molecule has 2 aromatic carbocycles. The van der Waals surface area contributed by atoms with E-state index >= 15 is 0 Å². The van der Waals surface area contributed by atoms with Crippen molar-refractivity contribution in [3.05, 3.63) is 53.1 Å². The number of nitrogens with one attached hydrogen (secondary N) is 1. The van der Waals surface area contributed by atoms with Crippen LogP contribution in [0.15, 0.2) is 42.5 Å². The van der Waals surface area contributed by atoms with Crippen molar-refractivity contribution in [2.24, 2.45) is 0 Å². The lowest BCUT2D eigenvalue weighted by molar-refractivity contribution is -0.117. The molecule has 2 aromatic rings. The third-order valence-electron chi connectivity index (χ3n) is 4.14. The molecule has 0 bridgehead atoms. The number of hydrogen-bond donors (Lipinski definition) is 1. The van der Waals surface area contributed by atoms with Gasteiger partial charge in [-0.25, -0.2) is 0 Å². The standard InChI is InChI=1S/C20H24ClN3O2/c1-14-18(21)6-5-7-19(14)24(15(2)25)13-12-20(26)22-16-8-10-17(11-9-16)23(3)4/h5-11H,12-13H2,1-4H3,(H,22,26). The minimum atomic E-state index is -0.145. The summed E-state index contributed by atoms with van der Waals surface area (Å²) >= 11 is 6.15. The van der Waals surface area contributed by atoms with Crippen molar-refractivity contribution in [1.29, 1.82) is 0 Å². The number of rotatable bonds is 6. The first-order valence-electron chi connectivity index (χ1n) is 8.40. The Bertz CT molecular complexity index is 788. The molecule has 0 fully saturated rings. The summed E-state index contributed by atoms with van der Waals surface area (Å²) in [5.41, 5.74) is 3.34. The second-order valence-electron chi connectivity index (χ2n) is 6.29. The first-order valence-corrected chi connectivity index (χ1v) is 8.78. The average molecular weight is 374 g/mol. The Morgan fingerprint density at radius 3 is 2.31 bits per heavy atom. The summed E-state index contributed by atoms with van der Waals surface area (Å²) < 4.78 is 0. The lowest BCUT2D eigenvalue weighted by Crippen LogP contribution is -2.32. The summed E-state index contributed by atoms with van der Waals surface area (Å²) in [4.78, 5) is 27.9. The highest BCUT2D eigenvalue weighted by Crippen LogP contribution is 2.27. The summed E-state index contributed by atoms with van der Waals surface area (Å²) in [7, 11) is 3.92. The number of benzene rings is 2. The van der Waals surface area contributed by atoms with E-state index in [4.69, 9.17) is 11.6 Å². The Morgan fingerprint density at radius 1 is 1.08 bits per heavy atom. The van der Waals surface area contributed by atoms with Crippen molar-refractivity contribution in [2.45, 2.75) is 20.3 Å². The van der Waals surface area contributed by atoms with Crippen molar-refractivity contribution in [3.63, 3.8) is 0 Å². The van der Waals surface area contributed by atoms with Crippen LogP contribution in [0, 0.1) is 6.92 Å². The third kappa shape index (κ3) is 4.99. The molecule has 0 spiro atoms. The topological polar surface area (TPSA) is 52.7 Å². The largest absolute Gasteiger partial charge is 0.378 e. The Morgan fingerprint density at radius 2 is 1.73 bits per heavy atom. The van der Waals surface area contributed by atoms with Crippen LogP contribution < -0.4 is 15.1 Å². The highest BCUT2D eigenvalue weighted by molar-refractivity contribution is 6.31. The molecule has 0 saturated carbocycles. The highest BCUT2D eigenvalue weighted by Gasteiger charge is 2.16. The number of anilines is 3. The van der Waals surface area contributed by atoms with E-state index in [0.717, 1.165) is 22.6 Å². The summed E-state index contributed by atoms with van der Waals surface area (Å²) in [6, 6.07) is 13.0. The van der Waals surface area contributed by atoms with Gasteiger partial charge in [0.1, 0.15) is 0 Å². The number of hydrogen-bond acceptors (Lipinski definition) is 3. The van der Waals surface area contributed by atoms with Gasteiger partial charge in [0.2, 0.25) is 11.8 Å². The fourth-order valence-electron chi connectivity index (χ4n) is 2.62. The molecule has 1 N–H and O–H groups in total. The van der Waals surface area contributed by atoms with Gasteiger partial charge in [-0.1, -0.05) is 17.7 Å². The minimum absolute atomic E-state index is 0.126. The molecule has 0 aromatic heterocycles. The summed E-state index contributed by atoms with van der Waals surface area (Å²) in [5, 5.41) is 3.45. The molecule has 0 unspecified atom stereocenters. The molecule has 138 valence electrons. The van der Waals surface area contributed by atoms with E-state index in [0.29, 0.717) is 5.02 Å². The van der Waals surface area contributed by atoms with Crippen LogP contribution in [0.2, 0.25) is 5.02 Å². The molecule has 0 atom stereocenters. The SMILES string of the molecule is CC(=O)N(CCC(=O)Nc1ccc(N(C)C)cc1)c1cccc(Cl)c1C. The van der Waals surface area contributed by atoms with Crippen molar-refractivity contribution < 1.29 is 9.59 Å². The lowest BCUT2D eigenvalue weighted by atomic mass is 10.1. The third-order valence-corrected chi connectivity index (χ3v) is 4.55. The molecule has 0 aliphatic rings. The summed E-state index contributed by atoms with van der Waals surface area (Å²) in [6.45, 7) is 3.64. The van der Waals surface area contributed by atoms with Crippen molar-refractivity contribution >= 4 is 40.5 Å². The second kappa shape index (κ2) is 8.72. The van der Waals surface area contributed by atoms with Crippen molar-refractivity contribution in [1.82, 2.24) is 0 Å². The molecule has 26 heavy (non-hydrogen) atoms. The molecule has 0 aliphatic heterocycles. The van der Waals surface area contributed by atoms with Crippen LogP contribution in [0.4, 0.5) is 17.1 Å². The predicted molar refractivity (Wildman–Crippen MR) is 108 cm³/mol. The summed E-state index contributed by atoms with van der Waals surface area (Å²) in [6.07, 6.45) is 0.195. The Kier molecular flexibility index (Phi) is 6.64. The zero-order valence-electron chi connectivity index (χ0n) is 15.5. The van der Waals surface area contributed by atoms with Gasteiger partial charge in [-0.3, -0.25) is 9.59 Å². The molecule has 0 radical (unpaired) electrons. The molecular weight excluding hydrogens is 350 g/mol. The van der Waals surface area contributed by atoms with Crippen LogP contribution in [0.5, 0.6) is 0 Å².